The van der Waals surface area contributed by atoms with Crippen molar-refractivity contribution in [3.05, 3.63) is 71.4 Å². The third-order valence-electron chi connectivity index (χ3n) is 5.75. The molecule has 0 spiro atoms. The van der Waals surface area contributed by atoms with Gasteiger partial charge in [-0.05, 0) is 41.2 Å². The Labute approximate surface area is 173 Å². The Morgan fingerprint density at radius 2 is 1.90 bits per heavy atom. The highest BCUT2D eigenvalue weighted by atomic mass is 19.4. The van der Waals surface area contributed by atoms with Crippen LogP contribution in [0.25, 0.3) is 10.9 Å². The number of ether oxygens (including phenoxy) is 1. The summed E-state index contributed by atoms with van der Waals surface area (Å²) in [6, 6.07) is 14.7. The molecule has 4 rings (SSSR count). The Balaban J connectivity index is 1.66. The smallest absolute Gasteiger partial charge is 0.391 e. The molecule has 3 aromatic rings. The van der Waals surface area contributed by atoms with Crippen LogP contribution in [0.5, 0.6) is 5.75 Å². The SMILES string of the molecule is CC(CC(O)(Cc1ccnc2ccccc12)CC(F)(F)F)c1cccc2c1OCC2. The molecule has 1 aromatic heterocycles. The van der Waals surface area contributed by atoms with Crippen LogP contribution in [-0.4, -0.2) is 28.5 Å². The number of hydrogen-bond acceptors (Lipinski definition) is 3. The predicted octanol–water partition coefficient (Wildman–Crippen LogP) is 5.59. The lowest BCUT2D eigenvalue weighted by Crippen LogP contribution is -2.38. The number of para-hydroxylation sites is 2. The van der Waals surface area contributed by atoms with Gasteiger partial charge in [-0.25, -0.2) is 0 Å². The lowest BCUT2D eigenvalue weighted by atomic mass is 9.80. The van der Waals surface area contributed by atoms with E-state index in [2.05, 4.69) is 4.98 Å². The van der Waals surface area contributed by atoms with E-state index in [9.17, 15) is 18.3 Å². The summed E-state index contributed by atoms with van der Waals surface area (Å²) in [5.74, 6) is 0.465. The van der Waals surface area contributed by atoms with Gasteiger partial charge in [0.05, 0.1) is 24.1 Å². The van der Waals surface area contributed by atoms with Gasteiger partial charge in [-0.1, -0.05) is 43.3 Å². The minimum absolute atomic E-state index is 0.0248. The number of fused-ring (bicyclic) bond motifs is 2. The highest BCUT2D eigenvalue weighted by Crippen LogP contribution is 2.41. The molecule has 0 saturated heterocycles. The second-order valence-corrected chi connectivity index (χ2v) is 8.22. The van der Waals surface area contributed by atoms with Gasteiger partial charge in [0.15, 0.2) is 0 Å². The maximum atomic E-state index is 13.4. The van der Waals surface area contributed by atoms with E-state index in [0.717, 1.165) is 28.7 Å². The largest absolute Gasteiger partial charge is 0.493 e. The number of hydrogen-bond donors (Lipinski definition) is 1. The van der Waals surface area contributed by atoms with Gasteiger partial charge in [0, 0.05) is 24.4 Å². The van der Waals surface area contributed by atoms with Gasteiger partial charge >= 0.3 is 6.18 Å². The second kappa shape index (κ2) is 7.91. The van der Waals surface area contributed by atoms with Crippen molar-refractivity contribution in [1.82, 2.24) is 4.98 Å². The Kier molecular flexibility index (Phi) is 5.45. The molecule has 1 aliphatic heterocycles. The van der Waals surface area contributed by atoms with Crippen LogP contribution in [0.1, 0.15) is 42.4 Å². The molecule has 0 fully saturated rings. The Morgan fingerprint density at radius 1 is 1.10 bits per heavy atom. The molecule has 0 aliphatic carbocycles. The number of aliphatic hydroxyl groups is 1. The lowest BCUT2D eigenvalue weighted by molar-refractivity contribution is -0.178. The number of halogens is 3. The summed E-state index contributed by atoms with van der Waals surface area (Å²) >= 11 is 0. The van der Waals surface area contributed by atoms with E-state index in [1.807, 2.05) is 49.4 Å². The fraction of sp³-hybridized carbons (Fsp3) is 0.375. The highest BCUT2D eigenvalue weighted by molar-refractivity contribution is 5.81. The van der Waals surface area contributed by atoms with E-state index < -0.39 is 18.2 Å². The van der Waals surface area contributed by atoms with Gasteiger partial charge in [0.1, 0.15) is 5.75 Å². The molecular formula is C24H24F3NO2. The summed E-state index contributed by atoms with van der Waals surface area (Å²) in [6.45, 7) is 2.43. The summed E-state index contributed by atoms with van der Waals surface area (Å²) < 4.78 is 46.1. The van der Waals surface area contributed by atoms with E-state index >= 15 is 0 Å². The first kappa shape index (κ1) is 20.7. The number of benzene rings is 2. The number of alkyl halides is 3. The molecule has 2 aromatic carbocycles. The second-order valence-electron chi connectivity index (χ2n) is 8.22. The molecule has 1 aliphatic rings. The van der Waals surface area contributed by atoms with Crippen LogP contribution in [0, 0.1) is 0 Å². The molecule has 0 amide bonds. The molecule has 0 saturated carbocycles. The molecule has 1 N–H and O–H groups in total. The fourth-order valence-electron chi connectivity index (χ4n) is 4.55. The van der Waals surface area contributed by atoms with Crippen molar-refractivity contribution in [2.75, 3.05) is 6.61 Å². The molecule has 30 heavy (non-hydrogen) atoms. The first-order valence-corrected chi connectivity index (χ1v) is 10.1. The number of pyridine rings is 1. The van der Waals surface area contributed by atoms with Gasteiger partial charge < -0.3 is 9.84 Å². The highest BCUT2D eigenvalue weighted by Gasteiger charge is 2.42. The van der Waals surface area contributed by atoms with Crippen LogP contribution in [0.3, 0.4) is 0 Å². The van der Waals surface area contributed by atoms with Gasteiger partial charge in [-0.2, -0.15) is 13.2 Å². The summed E-state index contributed by atoms with van der Waals surface area (Å²) in [7, 11) is 0. The van der Waals surface area contributed by atoms with E-state index in [1.54, 1.807) is 12.3 Å². The van der Waals surface area contributed by atoms with Crippen molar-refractivity contribution in [3.8, 4) is 5.75 Å². The zero-order valence-electron chi connectivity index (χ0n) is 16.7. The van der Waals surface area contributed by atoms with Gasteiger partial charge in [0.2, 0.25) is 0 Å². The molecular weight excluding hydrogens is 391 g/mol. The Bertz CT molecular complexity index is 1040. The van der Waals surface area contributed by atoms with Crippen molar-refractivity contribution in [3.63, 3.8) is 0 Å². The van der Waals surface area contributed by atoms with E-state index in [-0.39, 0.29) is 18.8 Å². The number of aromatic nitrogens is 1. The predicted molar refractivity (Wildman–Crippen MR) is 110 cm³/mol. The number of nitrogens with zero attached hydrogens (tertiary/aromatic N) is 1. The van der Waals surface area contributed by atoms with E-state index in [4.69, 9.17) is 4.74 Å². The average Bonchev–Trinajstić information content (AvgIpc) is 3.15. The zero-order valence-corrected chi connectivity index (χ0v) is 16.7. The minimum atomic E-state index is -4.48. The molecule has 0 radical (unpaired) electrons. The summed E-state index contributed by atoms with van der Waals surface area (Å²) in [6.07, 6.45) is -3.50. The third kappa shape index (κ3) is 4.43. The fourth-order valence-corrected chi connectivity index (χ4v) is 4.55. The number of rotatable bonds is 6. The Morgan fingerprint density at radius 3 is 2.70 bits per heavy atom. The van der Waals surface area contributed by atoms with Gasteiger partial charge in [0.25, 0.3) is 0 Å². The maximum Gasteiger partial charge on any atom is 0.391 e. The Hall–Kier alpha value is -2.60. The van der Waals surface area contributed by atoms with Crippen LogP contribution in [-0.2, 0) is 12.8 Å². The molecule has 6 heteroatoms. The molecule has 0 bridgehead atoms. The van der Waals surface area contributed by atoms with Crippen LogP contribution in [0.4, 0.5) is 13.2 Å². The monoisotopic (exact) mass is 415 g/mol. The summed E-state index contributed by atoms with van der Waals surface area (Å²) in [5.41, 5.74) is 1.34. The van der Waals surface area contributed by atoms with Crippen molar-refractivity contribution in [2.45, 2.75) is 50.3 Å². The zero-order chi connectivity index (χ0) is 21.4. The normalized spacial score (nSPS) is 16.7. The van der Waals surface area contributed by atoms with Crippen molar-refractivity contribution in [2.24, 2.45) is 0 Å². The maximum absolute atomic E-state index is 13.4. The van der Waals surface area contributed by atoms with Crippen molar-refractivity contribution >= 4 is 10.9 Å². The van der Waals surface area contributed by atoms with E-state index in [0.29, 0.717) is 17.7 Å². The van der Waals surface area contributed by atoms with Gasteiger partial charge in [-0.3, -0.25) is 4.98 Å². The molecule has 158 valence electrons. The standard InChI is InChI=1S/C24H24F3NO2/c1-16(19-7-4-5-17-10-12-30-22(17)19)13-23(29,15-24(25,26)27)14-18-9-11-28-21-8-3-2-6-20(18)21/h2-9,11,16,29H,10,12-15H2,1H3. The average molecular weight is 415 g/mol. The minimum Gasteiger partial charge on any atom is -0.493 e. The van der Waals surface area contributed by atoms with Crippen molar-refractivity contribution < 1.29 is 23.0 Å². The van der Waals surface area contributed by atoms with Crippen LogP contribution < -0.4 is 4.74 Å². The van der Waals surface area contributed by atoms with Gasteiger partial charge in [-0.15, -0.1) is 0 Å². The first-order valence-electron chi connectivity index (χ1n) is 10.1. The van der Waals surface area contributed by atoms with Crippen molar-refractivity contribution in [1.29, 1.82) is 0 Å². The topological polar surface area (TPSA) is 42.4 Å². The molecule has 2 atom stereocenters. The lowest BCUT2D eigenvalue weighted by Gasteiger charge is -2.32. The third-order valence-corrected chi connectivity index (χ3v) is 5.75. The van der Waals surface area contributed by atoms with Crippen LogP contribution >= 0.6 is 0 Å². The summed E-state index contributed by atoms with van der Waals surface area (Å²) in [5, 5.41) is 12.0. The van der Waals surface area contributed by atoms with Crippen LogP contribution in [0.2, 0.25) is 0 Å². The van der Waals surface area contributed by atoms with E-state index in [1.165, 1.54) is 0 Å². The van der Waals surface area contributed by atoms with Crippen LogP contribution in [0.15, 0.2) is 54.7 Å². The summed E-state index contributed by atoms with van der Waals surface area (Å²) in [4.78, 5) is 4.27. The molecule has 3 nitrogen and oxygen atoms in total. The first-order chi connectivity index (χ1) is 14.2. The quantitative estimate of drug-likeness (QED) is 0.571. The molecule has 2 unspecified atom stereocenters. The molecule has 2 heterocycles.